The molecule has 0 fully saturated rings. The second-order valence-corrected chi connectivity index (χ2v) is 10.0. The third-order valence-electron chi connectivity index (χ3n) is 6.02. The highest BCUT2D eigenvalue weighted by molar-refractivity contribution is 5.94. The summed E-state index contributed by atoms with van der Waals surface area (Å²) in [5, 5.41) is 17.6. The van der Waals surface area contributed by atoms with Gasteiger partial charge in [0, 0.05) is 0 Å². The fourth-order valence-electron chi connectivity index (χ4n) is 3.40. The molecule has 0 aromatic rings. The van der Waals surface area contributed by atoms with Crippen LogP contribution in [0.2, 0.25) is 0 Å². The molecule has 0 aromatic carbocycles. The summed E-state index contributed by atoms with van der Waals surface area (Å²) in [7, 11) is 0. The maximum atomic E-state index is 13.1. The number of carbonyl (C=O) groups is 4. The molecule has 0 saturated heterocycles. The number of rotatable bonds is 15. The van der Waals surface area contributed by atoms with E-state index in [2.05, 4.69) is 16.0 Å². The fourth-order valence-corrected chi connectivity index (χ4v) is 3.40. The van der Waals surface area contributed by atoms with Crippen molar-refractivity contribution in [2.24, 2.45) is 29.4 Å². The molecule has 3 amide bonds. The van der Waals surface area contributed by atoms with E-state index < -0.39 is 47.9 Å². The monoisotopic (exact) mass is 470 g/mol. The number of aliphatic carboxylic acids is 1. The van der Waals surface area contributed by atoms with Crippen molar-refractivity contribution in [3.05, 3.63) is 0 Å². The molecule has 6 atom stereocenters. The van der Waals surface area contributed by atoms with Crippen molar-refractivity contribution in [1.82, 2.24) is 16.0 Å². The van der Waals surface area contributed by atoms with Gasteiger partial charge in [-0.2, -0.15) is 0 Å². The van der Waals surface area contributed by atoms with Crippen molar-refractivity contribution in [1.29, 1.82) is 0 Å². The van der Waals surface area contributed by atoms with Crippen LogP contribution in [0.5, 0.6) is 0 Å². The predicted molar refractivity (Wildman–Crippen MR) is 129 cm³/mol. The first-order valence-corrected chi connectivity index (χ1v) is 12.1. The maximum Gasteiger partial charge on any atom is 0.326 e. The zero-order chi connectivity index (χ0) is 25.9. The summed E-state index contributed by atoms with van der Waals surface area (Å²) in [5.41, 5.74) is 6.03. The van der Waals surface area contributed by atoms with Crippen LogP contribution in [-0.4, -0.2) is 53.0 Å². The topological polar surface area (TPSA) is 151 Å². The standard InChI is InChI=1S/C24H46N4O5/c1-9-15(7)19(25)23(31)27-17(11-13(3)4)21(29)26-18(12-14(5)6)22(30)28-20(24(32)33)16(8)10-2/h13-20H,9-12,25H2,1-8H3,(H,26,29)(H,27,31)(H,28,30)(H,32,33). The molecule has 0 radical (unpaired) electrons. The van der Waals surface area contributed by atoms with Crippen LogP contribution >= 0.6 is 0 Å². The highest BCUT2D eigenvalue weighted by atomic mass is 16.4. The maximum absolute atomic E-state index is 13.1. The molecule has 6 unspecified atom stereocenters. The molecule has 0 aromatic heterocycles. The van der Waals surface area contributed by atoms with Crippen LogP contribution in [0, 0.1) is 23.7 Å². The van der Waals surface area contributed by atoms with E-state index in [1.807, 2.05) is 48.5 Å². The number of nitrogens with one attached hydrogen (secondary N) is 3. The Kier molecular flexibility index (Phi) is 13.9. The Labute approximate surface area is 199 Å². The third-order valence-corrected chi connectivity index (χ3v) is 6.02. The van der Waals surface area contributed by atoms with Gasteiger partial charge in [0.25, 0.3) is 0 Å². The Balaban J connectivity index is 5.59. The van der Waals surface area contributed by atoms with Gasteiger partial charge in [-0.05, 0) is 36.5 Å². The van der Waals surface area contributed by atoms with Crippen LogP contribution in [0.15, 0.2) is 0 Å². The number of carbonyl (C=O) groups excluding carboxylic acids is 3. The number of carboxylic acid groups (broad SMARTS) is 1. The van der Waals surface area contributed by atoms with Crippen LogP contribution in [0.3, 0.4) is 0 Å². The summed E-state index contributed by atoms with van der Waals surface area (Å²) in [4.78, 5) is 50.3. The quantitative estimate of drug-likeness (QED) is 0.247. The number of carboxylic acids is 1. The largest absolute Gasteiger partial charge is 0.480 e. The number of hydrogen-bond acceptors (Lipinski definition) is 5. The Morgan fingerprint density at radius 3 is 1.45 bits per heavy atom. The normalized spacial score (nSPS) is 16.9. The number of hydrogen-bond donors (Lipinski definition) is 5. The first kappa shape index (κ1) is 30.8. The lowest BCUT2D eigenvalue weighted by atomic mass is 9.96. The highest BCUT2D eigenvalue weighted by Gasteiger charge is 2.32. The van der Waals surface area contributed by atoms with Gasteiger partial charge in [-0.3, -0.25) is 14.4 Å². The van der Waals surface area contributed by atoms with Gasteiger partial charge in [-0.25, -0.2) is 4.79 Å². The molecule has 0 aliphatic heterocycles. The molecule has 0 rings (SSSR count). The van der Waals surface area contributed by atoms with Crippen molar-refractivity contribution in [3.8, 4) is 0 Å². The molecular weight excluding hydrogens is 424 g/mol. The molecular formula is C24H46N4O5. The summed E-state index contributed by atoms with van der Waals surface area (Å²) in [6.07, 6.45) is 2.02. The van der Waals surface area contributed by atoms with E-state index in [0.717, 1.165) is 6.42 Å². The SMILES string of the molecule is CCC(C)C(N)C(=O)NC(CC(C)C)C(=O)NC(CC(C)C)C(=O)NC(C(=O)O)C(C)CC. The van der Waals surface area contributed by atoms with E-state index in [9.17, 15) is 24.3 Å². The van der Waals surface area contributed by atoms with Crippen LogP contribution in [0.4, 0.5) is 0 Å². The van der Waals surface area contributed by atoms with Crippen LogP contribution in [0.25, 0.3) is 0 Å². The van der Waals surface area contributed by atoms with Gasteiger partial charge < -0.3 is 26.8 Å². The summed E-state index contributed by atoms with van der Waals surface area (Å²) >= 11 is 0. The van der Waals surface area contributed by atoms with Gasteiger partial charge in [-0.1, -0.05) is 68.2 Å². The molecule has 0 spiro atoms. The molecule has 33 heavy (non-hydrogen) atoms. The lowest BCUT2D eigenvalue weighted by Gasteiger charge is -2.28. The summed E-state index contributed by atoms with van der Waals surface area (Å²) < 4.78 is 0. The molecule has 9 nitrogen and oxygen atoms in total. The lowest BCUT2D eigenvalue weighted by molar-refractivity contribution is -0.144. The van der Waals surface area contributed by atoms with Crippen LogP contribution < -0.4 is 21.7 Å². The summed E-state index contributed by atoms with van der Waals surface area (Å²) in [6.45, 7) is 15.1. The fraction of sp³-hybridized carbons (Fsp3) is 0.833. The minimum absolute atomic E-state index is 0.0410. The highest BCUT2D eigenvalue weighted by Crippen LogP contribution is 2.13. The van der Waals surface area contributed by atoms with Crippen LogP contribution in [-0.2, 0) is 19.2 Å². The van der Waals surface area contributed by atoms with E-state index in [1.54, 1.807) is 6.92 Å². The molecule has 0 saturated carbocycles. The first-order chi connectivity index (χ1) is 15.2. The van der Waals surface area contributed by atoms with Gasteiger partial charge in [0.05, 0.1) is 6.04 Å². The first-order valence-electron chi connectivity index (χ1n) is 12.1. The third kappa shape index (κ3) is 11.0. The summed E-state index contributed by atoms with van der Waals surface area (Å²) in [6, 6.07) is -3.55. The van der Waals surface area contributed by atoms with Gasteiger partial charge in [0.2, 0.25) is 17.7 Å². The minimum atomic E-state index is -1.11. The second kappa shape index (κ2) is 14.9. The number of nitrogens with two attached hydrogens (primary N) is 1. The Morgan fingerprint density at radius 2 is 1.09 bits per heavy atom. The zero-order valence-corrected chi connectivity index (χ0v) is 21.6. The van der Waals surface area contributed by atoms with Crippen molar-refractivity contribution < 1.29 is 24.3 Å². The molecule has 192 valence electrons. The average Bonchev–Trinajstić information content (AvgIpc) is 2.73. The number of amides is 3. The molecule has 0 heterocycles. The lowest BCUT2D eigenvalue weighted by Crippen LogP contribution is -2.58. The smallest absolute Gasteiger partial charge is 0.326 e. The van der Waals surface area contributed by atoms with Gasteiger partial charge in [-0.15, -0.1) is 0 Å². The van der Waals surface area contributed by atoms with E-state index in [-0.39, 0.29) is 23.7 Å². The molecule has 0 aliphatic rings. The average molecular weight is 471 g/mol. The minimum Gasteiger partial charge on any atom is -0.480 e. The second-order valence-electron chi connectivity index (χ2n) is 10.0. The van der Waals surface area contributed by atoms with E-state index >= 15 is 0 Å². The van der Waals surface area contributed by atoms with E-state index in [0.29, 0.717) is 19.3 Å². The van der Waals surface area contributed by atoms with Crippen molar-refractivity contribution >= 4 is 23.7 Å². The van der Waals surface area contributed by atoms with Crippen molar-refractivity contribution in [2.75, 3.05) is 0 Å². The predicted octanol–water partition coefficient (Wildman–Crippen LogP) is 2.04. The van der Waals surface area contributed by atoms with Crippen LogP contribution in [0.1, 0.15) is 81.1 Å². The molecule has 9 heteroatoms. The Hall–Kier alpha value is -2.16. The van der Waals surface area contributed by atoms with Crippen molar-refractivity contribution in [3.63, 3.8) is 0 Å². The Morgan fingerprint density at radius 1 is 0.697 bits per heavy atom. The molecule has 6 N–H and O–H groups in total. The van der Waals surface area contributed by atoms with E-state index in [4.69, 9.17) is 5.73 Å². The van der Waals surface area contributed by atoms with Crippen molar-refractivity contribution in [2.45, 2.75) is 105 Å². The molecule has 0 bridgehead atoms. The van der Waals surface area contributed by atoms with Gasteiger partial charge >= 0.3 is 5.97 Å². The summed E-state index contributed by atoms with van der Waals surface area (Å²) in [5.74, 6) is -2.67. The zero-order valence-electron chi connectivity index (χ0n) is 21.6. The Bertz CT molecular complexity index is 653. The van der Waals surface area contributed by atoms with E-state index in [1.165, 1.54) is 0 Å². The van der Waals surface area contributed by atoms with Gasteiger partial charge in [0.1, 0.15) is 18.1 Å². The van der Waals surface area contributed by atoms with Gasteiger partial charge in [0.15, 0.2) is 0 Å². The molecule has 0 aliphatic carbocycles.